The number of piperidine rings is 1. The minimum Gasteiger partial charge on any atom is -0.496 e. The Hall–Kier alpha value is -1.23. The fourth-order valence-electron chi connectivity index (χ4n) is 2.16. The summed E-state index contributed by atoms with van der Waals surface area (Å²) in [6, 6.07) is 5.50. The van der Waals surface area contributed by atoms with Crippen LogP contribution in [0, 0.1) is 5.92 Å². The third kappa shape index (κ3) is 3.62. The lowest BCUT2D eigenvalue weighted by molar-refractivity contribution is 0.186. The molecule has 1 aliphatic heterocycles. The standard InChI is InChI=1S/C14H19BrN2O2/c1-10-5-7-17(8-6-10)14(18)16-11-3-4-13(19-2)12(15)9-11/h3-4,9-10H,5-8H2,1-2H3,(H,16,18). The molecule has 0 bridgehead atoms. The summed E-state index contributed by atoms with van der Waals surface area (Å²) in [6.07, 6.45) is 2.17. The van der Waals surface area contributed by atoms with Crippen molar-refractivity contribution in [1.82, 2.24) is 4.90 Å². The molecule has 1 heterocycles. The summed E-state index contributed by atoms with van der Waals surface area (Å²) in [5.74, 6) is 1.48. The summed E-state index contributed by atoms with van der Waals surface area (Å²) >= 11 is 3.41. The first-order valence-electron chi connectivity index (χ1n) is 6.49. The first-order valence-corrected chi connectivity index (χ1v) is 7.29. The van der Waals surface area contributed by atoms with Gasteiger partial charge in [0.15, 0.2) is 0 Å². The molecule has 104 valence electrons. The number of methoxy groups -OCH3 is 1. The highest BCUT2D eigenvalue weighted by Gasteiger charge is 2.20. The van der Waals surface area contributed by atoms with Gasteiger partial charge in [-0.2, -0.15) is 0 Å². The minimum atomic E-state index is -0.0241. The van der Waals surface area contributed by atoms with E-state index in [0.29, 0.717) is 0 Å². The average Bonchev–Trinajstić information content (AvgIpc) is 2.39. The van der Waals surface area contributed by atoms with Crippen LogP contribution in [0.2, 0.25) is 0 Å². The number of nitrogens with one attached hydrogen (secondary N) is 1. The molecule has 4 nitrogen and oxygen atoms in total. The number of likely N-dealkylation sites (tertiary alicyclic amines) is 1. The number of benzene rings is 1. The number of nitrogens with zero attached hydrogens (tertiary/aromatic N) is 1. The van der Waals surface area contributed by atoms with E-state index in [-0.39, 0.29) is 6.03 Å². The van der Waals surface area contributed by atoms with Gasteiger partial charge in [-0.1, -0.05) is 6.92 Å². The molecule has 19 heavy (non-hydrogen) atoms. The van der Waals surface area contributed by atoms with Gasteiger partial charge in [0.25, 0.3) is 0 Å². The van der Waals surface area contributed by atoms with Gasteiger partial charge in [0.05, 0.1) is 11.6 Å². The van der Waals surface area contributed by atoms with Gasteiger partial charge in [0.2, 0.25) is 0 Å². The van der Waals surface area contributed by atoms with E-state index in [9.17, 15) is 4.79 Å². The number of amides is 2. The van der Waals surface area contributed by atoms with Crippen molar-refractivity contribution in [3.8, 4) is 5.75 Å². The van der Waals surface area contributed by atoms with Crippen molar-refractivity contribution in [2.45, 2.75) is 19.8 Å². The maximum absolute atomic E-state index is 12.1. The van der Waals surface area contributed by atoms with E-state index in [1.165, 1.54) is 0 Å². The van der Waals surface area contributed by atoms with Crippen molar-refractivity contribution in [2.75, 3.05) is 25.5 Å². The lowest BCUT2D eigenvalue weighted by Gasteiger charge is -2.30. The summed E-state index contributed by atoms with van der Waals surface area (Å²) < 4.78 is 6.00. The Labute approximate surface area is 122 Å². The topological polar surface area (TPSA) is 41.6 Å². The zero-order valence-electron chi connectivity index (χ0n) is 11.3. The molecule has 0 saturated carbocycles. The molecule has 1 aromatic rings. The van der Waals surface area contributed by atoms with E-state index in [1.54, 1.807) is 7.11 Å². The van der Waals surface area contributed by atoms with Crippen LogP contribution in [0.15, 0.2) is 22.7 Å². The SMILES string of the molecule is COc1ccc(NC(=O)N2CCC(C)CC2)cc1Br. The van der Waals surface area contributed by atoms with Crippen molar-refractivity contribution in [3.05, 3.63) is 22.7 Å². The van der Waals surface area contributed by atoms with Gasteiger partial charge < -0.3 is 15.0 Å². The van der Waals surface area contributed by atoms with Gasteiger partial charge in [0.1, 0.15) is 5.75 Å². The van der Waals surface area contributed by atoms with Gasteiger partial charge >= 0.3 is 6.03 Å². The maximum atomic E-state index is 12.1. The van der Waals surface area contributed by atoms with E-state index >= 15 is 0 Å². The van der Waals surface area contributed by atoms with Crippen LogP contribution in [-0.4, -0.2) is 31.1 Å². The summed E-state index contributed by atoms with van der Waals surface area (Å²) in [5, 5.41) is 2.92. The number of hydrogen-bond donors (Lipinski definition) is 1. The van der Waals surface area contributed by atoms with E-state index in [1.807, 2.05) is 23.1 Å². The summed E-state index contributed by atoms with van der Waals surface area (Å²) in [7, 11) is 1.62. The predicted octanol–water partition coefficient (Wildman–Crippen LogP) is 3.72. The number of halogens is 1. The number of ether oxygens (including phenoxy) is 1. The van der Waals surface area contributed by atoms with Crippen LogP contribution in [0.1, 0.15) is 19.8 Å². The van der Waals surface area contributed by atoms with Crippen molar-refractivity contribution < 1.29 is 9.53 Å². The van der Waals surface area contributed by atoms with Crippen molar-refractivity contribution in [3.63, 3.8) is 0 Å². The first-order chi connectivity index (χ1) is 9.10. The zero-order valence-corrected chi connectivity index (χ0v) is 12.9. The predicted molar refractivity (Wildman–Crippen MR) is 79.7 cm³/mol. The van der Waals surface area contributed by atoms with E-state index in [0.717, 1.165) is 47.8 Å². The Bertz CT molecular complexity index is 457. The normalized spacial score (nSPS) is 16.3. The molecule has 2 amide bonds. The third-order valence-electron chi connectivity index (χ3n) is 3.47. The second-order valence-electron chi connectivity index (χ2n) is 4.95. The molecular weight excluding hydrogens is 308 g/mol. The molecule has 1 aromatic carbocycles. The van der Waals surface area contributed by atoms with Gasteiger partial charge in [-0.25, -0.2) is 4.79 Å². The molecule has 0 unspecified atom stereocenters. The summed E-state index contributed by atoms with van der Waals surface area (Å²) in [6.45, 7) is 3.91. The molecule has 1 aliphatic rings. The first kappa shape index (κ1) is 14.2. The lowest BCUT2D eigenvalue weighted by atomic mass is 10.00. The zero-order chi connectivity index (χ0) is 13.8. The molecule has 1 saturated heterocycles. The molecule has 5 heteroatoms. The molecular formula is C14H19BrN2O2. The second kappa shape index (κ2) is 6.28. The quantitative estimate of drug-likeness (QED) is 0.899. The van der Waals surface area contributed by atoms with Crippen LogP contribution in [0.25, 0.3) is 0 Å². The Morgan fingerprint density at radius 3 is 2.68 bits per heavy atom. The highest BCUT2D eigenvalue weighted by Crippen LogP contribution is 2.28. The largest absolute Gasteiger partial charge is 0.496 e. The van der Waals surface area contributed by atoms with Crippen LogP contribution in [-0.2, 0) is 0 Å². The second-order valence-corrected chi connectivity index (χ2v) is 5.80. The molecule has 0 aromatic heterocycles. The lowest BCUT2D eigenvalue weighted by Crippen LogP contribution is -2.40. The average molecular weight is 327 g/mol. The number of carbonyl (C=O) groups is 1. The van der Waals surface area contributed by atoms with E-state index < -0.39 is 0 Å². The van der Waals surface area contributed by atoms with Crippen LogP contribution in [0.5, 0.6) is 5.75 Å². The Morgan fingerprint density at radius 2 is 2.11 bits per heavy atom. The summed E-state index contributed by atoms with van der Waals surface area (Å²) in [4.78, 5) is 14.0. The molecule has 1 N–H and O–H groups in total. The fourth-order valence-corrected chi connectivity index (χ4v) is 2.70. The molecule has 0 spiro atoms. The van der Waals surface area contributed by atoms with Crippen LogP contribution in [0.3, 0.4) is 0 Å². The van der Waals surface area contributed by atoms with Gasteiger partial charge in [0, 0.05) is 18.8 Å². The molecule has 1 fully saturated rings. The smallest absolute Gasteiger partial charge is 0.321 e. The number of urea groups is 1. The Morgan fingerprint density at radius 1 is 1.42 bits per heavy atom. The van der Waals surface area contributed by atoms with Crippen molar-refractivity contribution in [2.24, 2.45) is 5.92 Å². The number of anilines is 1. The molecule has 2 rings (SSSR count). The van der Waals surface area contributed by atoms with Crippen LogP contribution >= 0.6 is 15.9 Å². The number of rotatable bonds is 2. The van der Waals surface area contributed by atoms with Gasteiger partial charge in [-0.3, -0.25) is 0 Å². The van der Waals surface area contributed by atoms with Gasteiger partial charge in [-0.05, 0) is 52.9 Å². The van der Waals surface area contributed by atoms with Crippen LogP contribution < -0.4 is 10.1 Å². The molecule has 0 atom stereocenters. The monoisotopic (exact) mass is 326 g/mol. The number of hydrogen-bond acceptors (Lipinski definition) is 2. The highest BCUT2D eigenvalue weighted by molar-refractivity contribution is 9.10. The van der Waals surface area contributed by atoms with Crippen molar-refractivity contribution in [1.29, 1.82) is 0 Å². The van der Waals surface area contributed by atoms with Crippen LogP contribution in [0.4, 0.5) is 10.5 Å². The summed E-state index contributed by atoms with van der Waals surface area (Å²) in [5.41, 5.74) is 0.774. The molecule has 0 aliphatic carbocycles. The Kier molecular flexibility index (Phi) is 4.69. The fraction of sp³-hybridized carbons (Fsp3) is 0.500. The molecule has 0 radical (unpaired) electrons. The number of carbonyl (C=O) groups excluding carboxylic acids is 1. The van der Waals surface area contributed by atoms with E-state index in [2.05, 4.69) is 28.2 Å². The maximum Gasteiger partial charge on any atom is 0.321 e. The third-order valence-corrected chi connectivity index (χ3v) is 4.09. The van der Waals surface area contributed by atoms with Gasteiger partial charge in [-0.15, -0.1) is 0 Å². The minimum absolute atomic E-state index is 0.0241. The Balaban J connectivity index is 1.97. The van der Waals surface area contributed by atoms with Crippen molar-refractivity contribution >= 4 is 27.6 Å². The highest BCUT2D eigenvalue weighted by atomic mass is 79.9. The van der Waals surface area contributed by atoms with E-state index in [4.69, 9.17) is 4.74 Å².